The molecule has 1 heterocycles. The minimum Gasteiger partial charge on any atom is -0.507 e. The number of phenolic OH excluding ortho intramolecular Hbond substituents is 1. The van der Waals surface area contributed by atoms with Crippen molar-refractivity contribution in [2.75, 3.05) is 18.1 Å². The largest absolute Gasteiger partial charge is 0.507 e. The van der Waals surface area contributed by atoms with E-state index in [1.807, 2.05) is 13.8 Å². The molecule has 2 atom stereocenters. The summed E-state index contributed by atoms with van der Waals surface area (Å²) in [6.45, 7) is 3.20. The summed E-state index contributed by atoms with van der Waals surface area (Å²) < 4.78 is 28.5. The maximum Gasteiger partial charge on any atom is 0.342 e. The average molecular weight is 404 g/mol. The smallest absolute Gasteiger partial charge is 0.342 e. The standard InChI is InChI=1S/C17H22ClNO6S/c1-3-11(2)19(13-6-7-26(23,24)10-13)16(21)9-25-17(22)14-5-4-12(18)8-15(14)20/h4-5,8,11,13,20H,3,6-7,9-10H2,1-2H3. The molecule has 1 aliphatic rings. The first-order valence-electron chi connectivity index (χ1n) is 8.32. The van der Waals surface area contributed by atoms with Crippen LogP contribution < -0.4 is 0 Å². The van der Waals surface area contributed by atoms with Crippen molar-refractivity contribution in [3.63, 3.8) is 0 Å². The van der Waals surface area contributed by atoms with Gasteiger partial charge in [-0.25, -0.2) is 13.2 Å². The number of hydrogen-bond donors (Lipinski definition) is 1. The first-order chi connectivity index (χ1) is 12.1. The number of esters is 1. The Morgan fingerprint density at radius 2 is 2.12 bits per heavy atom. The molecule has 1 amide bonds. The normalized spacial score (nSPS) is 19.7. The number of amides is 1. The Balaban J connectivity index is 2.06. The van der Waals surface area contributed by atoms with Gasteiger partial charge in [-0.1, -0.05) is 18.5 Å². The molecule has 1 aromatic rings. The van der Waals surface area contributed by atoms with Crippen LogP contribution in [0.5, 0.6) is 5.75 Å². The lowest BCUT2D eigenvalue weighted by atomic mass is 10.1. The van der Waals surface area contributed by atoms with Gasteiger partial charge in [0.1, 0.15) is 11.3 Å². The van der Waals surface area contributed by atoms with Crippen LogP contribution in [0, 0.1) is 0 Å². The second kappa shape index (κ2) is 8.26. The predicted molar refractivity (Wildman–Crippen MR) is 97.1 cm³/mol. The lowest BCUT2D eigenvalue weighted by molar-refractivity contribution is -0.138. The number of hydrogen-bond acceptors (Lipinski definition) is 6. The molecule has 26 heavy (non-hydrogen) atoms. The molecule has 1 saturated heterocycles. The van der Waals surface area contributed by atoms with Crippen LogP contribution in [0.25, 0.3) is 0 Å². The Bertz CT molecular complexity index is 794. The van der Waals surface area contributed by atoms with Crippen molar-refractivity contribution >= 4 is 33.3 Å². The summed E-state index contributed by atoms with van der Waals surface area (Å²) in [5, 5.41) is 10.0. The summed E-state index contributed by atoms with van der Waals surface area (Å²) in [6, 6.07) is 3.35. The molecule has 0 spiro atoms. The summed E-state index contributed by atoms with van der Waals surface area (Å²) in [5.74, 6) is -1.67. The first kappa shape index (κ1) is 20.5. The van der Waals surface area contributed by atoms with Crippen molar-refractivity contribution < 1.29 is 27.9 Å². The Morgan fingerprint density at radius 3 is 2.65 bits per heavy atom. The fourth-order valence-electron chi connectivity index (χ4n) is 2.96. The average Bonchev–Trinajstić information content (AvgIpc) is 2.92. The highest BCUT2D eigenvalue weighted by Gasteiger charge is 2.36. The molecule has 1 aliphatic heterocycles. The monoisotopic (exact) mass is 403 g/mol. The van der Waals surface area contributed by atoms with E-state index in [2.05, 4.69) is 0 Å². The van der Waals surface area contributed by atoms with E-state index in [0.29, 0.717) is 12.8 Å². The van der Waals surface area contributed by atoms with Gasteiger partial charge in [0.25, 0.3) is 5.91 Å². The predicted octanol–water partition coefficient (Wildman–Crippen LogP) is 2.02. The van der Waals surface area contributed by atoms with Gasteiger partial charge in [-0.3, -0.25) is 4.79 Å². The van der Waals surface area contributed by atoms with E-state index in [4.69, 9.17) is 16.3 Å². The molecule has 0 saturated carbocycles. The first-order valence-corrected chi connectivity index (χ1v) is 10.5. The quantitative estimate of drug-likeness (QED) is 0.729. The second-order valence-corrected chi connectivity index (χ2v) is 9.02. The number of benzene rings is 1. The van der Waals surface area contributed by atoms with Gasteiger partial charge in [0.15, 0.2) is 16.4 Å². The topological polar surface area (TPSA) is 101 Å². The third-order valence-electron chi connectivity index (χ3n) is 4.46. The van der Waals surface area contributed by atoms with Crippen molar-refractivity contribution in [3.8, 4) is 5.75 Å². The van der Waals surface area contributed by atoms with Crippen molar-refractivity contribution in [2.24, 2.45) is 0 Å². The van der Waals surface area contributed by atoms with E-state index < -0.39 is 34.4 Å². The Labute approximate surface area is 157 Å². The van der Waals surface area contributed by atoms with Gasteiger partial charge in [-0.15, -0.1) is 0 Å². The van der Waals surface area contributed by atoms with Crippen LogP contribution in [-0.4, -0.2) is 60.5 Å². The van der Waals surface area contributed by atoms with Gasteiger partial charge >= 0.3 is 5.97 Å². The summed E-state index contributed by atoms with van der Waals surface area (Å²) in [7, 11) is -3.15. The van der Waals surface area contributed by atoms with Crippen LogP contribution in [0.3, 0.4) is 0 Å². The molecule has 2 rings (SSSR count). The Kier molecular flexibility index (Phi) is 6.52. The highest BCUT2D eigenvalue weighted by Crippen LogP contribution is 2.24. The minimum absolute atomic E-state index is 0.0519. The van der Waals surface area contributed by atoms with E-state index in [-0.39, 0.29) is 33.9 Å². The number of nitrogens with zero attached hydrogens (tertiary/aromatic N) is 1. The molecular formula is C17H22ClNO6S. The van der Waals surface area contributed by atoms with Gasteiger partial charge in [-0.2, -0.15) is 0 Å². The molecule has 2 unspecified atom stereocenters. The fourth-order valence-corrected chi connectivity index (χ4v) is 4.84. The van der Waals surface area contributed by atoms with Crippen LogP contribution >= 0.6 is 11.6 Å². The maximum atomic E-state index is 12.6. The summed E-state index contributed by atoms with van der Waals surface area (Å²) in [6.07, 6.45) is 1.03. The van der Waals surface area contributed by atoms with E-state index in [1.54, 1.807) is 0 Å². The van der Waals surface area contributed by atoms with Crippen LogP contribution in [0.2, 0.25) is 5.02 Å². The van der Waals surface area contributed by atoms with Crippen LogP contribution in [0.1, 0.15) is 37.0 Å². The molecule has 1 aromatic carbocycles. The number of carbonyl (C=O) groups excluding carboxylic acids is 2. The van der Waals surface area contributed by atoms with Crippen molar-refractivity contribution in [2.45, 2.75) is 38.8 Å². The van der Waals surface area contributed by atoms with E-state index in [0.717, 1.165) is 0 Å². The number of sulfone groups is 1. The van der Waals surface area contributed by atoms with Gasteiger partial charge < -0.3 is 14.7 Å². The fraction of sp³-hybridized carbons (Fsp3) is 0.529. The van der Waals surface area contributed by atoms with E-state index >= 15 is 0 Å². The molecular weight excluding hydrogens is 382 g/mol. The van der Waals surface area contributed by atoms with Gasteiger partial charge in [0.2, 0.25) is 0 Å². The van der Waals surface area contributed by atoms with Crippen molar-refractivity contribution in [1.82, 2.24) is 4.90 Å². The van der Waals surface area contributed by atoms with Crippen molar-refractivity contribution in [3.05, 3.63) is 28.8 Å². The Hall–Kier alpha value is -1.80. The molecule has 1 fully saturated rings. The SMILES string of the molecule is CCC(C)N(C(=O)COC(=O)c1ccc(Cl)cc1O)C1CCS(=O)(=O)C1. The molecule has 9 heteroatoms. The number of ether oxygens (including phenoxy) is 1. The summed E-state index contributed by atoms with van der Waals surface area (Å²) in [4.78, 5) is 26.2. The number of rotatable bonds is 6. The van der Waals surface area contributed by atoms with E-state index in [1.165, 1.54) is 23.1 Å². The van der Waals surface area contributed by atoms with E-state index in [9.17, 15) is 23.1 Å². The second-order valence-electron chi connectivity index (χ2n) is 6.35. The molecule has 1 N–H and O–H groups in total. The number of carbonyl (C=O) groups is 2. The maximum absolute atomic E-state index is 12.6. The van der Waals surface area contributed by atoms with Gasteiger partial charge in [0.05, 0.1) is 11.5 Å². The summed E-state index contributed by atoms with van der Waals surface area (Å²) >= 11 is 5.72. The van der Waals surface area contributed by atoms with Gasteiger partial charge in [0, 0.05) is 17.1 Å². The van der Waals surface area contributed by atoms with Crippen LogP contribution in [-0.2, 0) is 19.4 Å². The lowest BCUT2D eigenvalue weighted by Crippen LogP contribution is -2.48. The number of aromatic hydroxyl groups is 1. The van der Waals surface area contributed by atoms with Crippen LogP contribution in [0.15, 0.2) is 18.2 Å². The molecule has 0 aromatic heterocycles. The molecule has 144 valence electrons. The number of halogens is 1. The zero-order valence-corrected chi connectivity index (χ0v) is 16.2. The van der Waals surface area contributed by atoms with Crippen LogP contribution in [0.4, 0.5) is 0 Å². The molecule has 0 bridgehead atoms. The Morgan fingerprint density at radius 1 is 1.42 bits per heavy atom. The number of phenols is 1. The van der Waals surface area contributed by atoms with Gasteiger partial charge in [-0.05, 0) is 38.0 Å². The third-order valence-corrected chi connectivity index (χ3v) is 6.45. The third kappa shape index (κ3) is 4.88. The zero-order chi connectivity index (χ0) is 19.5. The summed E-state index contributed by atoms with van der Waals surface area (Å²) in [5.41, 5.74) is -0.0965. The highest BCUT2D eigenvalue weighted by atomic mass is 35.5. The minimum atomic E-state index is -3.15. The molecule has 0 aliphatic carbocycles. The van der Waals surface area contributed by atoms with Crippen molar-refractivity contribution in [1.29, 1.82) is 0 Å². The zero-order valence-electron chi connectivity index (χ0n) is 14.6. The highest BCUT2D eigenvalue weighted by molar-refractivity contribution is 7.91. The molecule has 0 radical (unpaired) electrons. The lowest BCUT2D eigenvalue weighted by Gasteiger charge is -2.33. The molecule has 7 nitrogen and oxygen atoms in total.